The van der Waals surface area contributed by atoms with Gasteiger partial charge < -0.3 is 14.7 Å². The molecule has 0 rings (SSSR count). The van der Waals surface area contributed by atoms with Crippen LogP contribution in [0.1, 0.15) is 0 Å². The number of phosphoric ester groups is 1. The van der Waals surface area contributed by atoms with E-state index in [1.807, 2.05) is 0 Å². The van der Waals surface area contributed by atoms with Gasteiger partial charge in [0.25, 0.3) is 5.97 Å². The van der Waals surface area contributed by atoms with E-state index in [0.717, 1.165) is 9.73 Å². The molecule has 0 saturated heterocycles. The largest absolute Gasteiger partial charge is 2.00 e. The van der Waals surface area contributed by atoms with Crippen molar-refractivity contribution in [3.8, 4) is 0 Å². The van der Waals surface area contributed by atoms with Crippen molar-refractivity contribution < 1.29 is 108 Å². The average Bonchev–Trinajstić information content (AvgIpc) is 2.38. The van der Waals surface area contributed by atoms with Gasteiger partial charge in [0.15, 0.2) is 0 Å². The topological polar surface area (TPSA) is 311 Å². The van der Waals surface area contributed by atoms with Crippen molar-refractivity contribution in [2.24, 2.45) is 0 Å². The van der Waals surface area contributed by atoms with Crippen molar-refractivity contribution in [2.45, 2.75) is 5.97 Å². The molecule has 0 aromatic carbocycles. The van der Waals surface area contributed by atoms with E-state index in [4.69, 9.17) is 56.2 Å². The standard InChI is InChI=1S/C8H24N4O7P2.2ClHO4.Mn/c1-9(2)8(10(3)4,18-21(15,16)17)12(7)19-20(13,14)11(5)6;2*2-1(3,4)5;/h1-7H3,(H,13,14)(H2,15,16,17);2*(H,2,3,4,5);/q;;;+2/p-2. The van der Waals surface area contributed by atoms with E-state index < -0.39 is 42.0 Å². The molecule has 19 nitrogen and oxygen atoms in total. The molecule has 0 bridgehead atoms. The number of nitrogens with zero attached hydrogens (tertiary/aromatic N) is 4. The van der Waals surface area contributed by atoms with E-state index in [1.165, 1.54) is 59.1 Å². The van der Waals surface area contributed by atoms with Gasteiger partial charge in [0.05, 0.1) is 0 Å². The van der Waals surface area contributed by atoms with Gasteiger partial charge in [-0.3, -0.25) is 9.80 Å². The summed E-state index contributed by atoms with van der Waals surface area (Å²) in [6, 6.07) is 0. The first-order valence-corrected chi connectivity index (χ1v) is 12.5. The molecule has 1 radical (unpaired) electrons. The summed E-state index contributed by atoms with van der Waals surface area (Å²) in [7, 11) is -9.27. The van der Waals surface area contributed by atoms with E-state index in [9.17, 15) is 14.0 Å². The monoisotopic (exact) mass is 603 g/mol. The van der Waals surface area contributed by atoms with Gasteiger partial charge in [0.1, 0.15) is 0 Å². The van der Waals surface area contributed by atoms with Crippen molar-refractivity contribution >= 4 is 15.6 Å². The summed E-state index contributed by atoms with van der Waals surface area (Å²) in [5, 5.41) is 0.771. The SMILES string of the molecule is CN(C)C(OP(=O)(O)O)(N(C)C)N(C)OP(=O)(O)N(C)C.[Mn+2].[O-][Cl+3]([O-])([O-])[O-].[O-][Cl+3]([O-])([O-])[O-]. The first-order chi connectivity index (χ1) is 13.2. The normalized spacial score (nSPS) is 14.9. The molecule has 197 valence electrons. The first-order valence-electron chi connectivity index (χ1n) is 6.95. The molecular formula is C8H24Cl2MnN4O15P2. The van der Waals surface area contributed by atoms with Gasteiger partial charge in [-0.25, -0.2) is 60.2 Å². The summed E-state index contributed by atoms with van der Waals surface area (Å²) in [4.78, 5) is 30.5. The Kier molecular flexibility index (Phi) is 18.9. The molecule has 0 aliphatic heterocycles. The molecule has 1 unspecified atom stereocenters. The van der Waals surface area contributed by atoms with Crippen LogP contribution in [-0.2, 0) is 35.3 Å². The van der Waals surface area contributed by atoms with Crippen LogP contribution >= 0.6 is 15.6 Å². The third-order valence-corrected chi connectivity index (χ3v) is 4.50. The summed E-state index contributed by atoms with van der Waals surface area (Å²) in [6.07, 6.45) is 0. The minimum atomic E-state index is -4.94. The Hall–Kier alpha value is 0.879. The van der Waals surface area contributed by atoms with Crippen LogP contribution in [0, 0.1) is 20.5 Å². The number of hydrogen-bond donors (Lipinski definition) is 3. The maximum absolute atomic E-state index is 11.9. The number of phosphoric acid groups is 1. The molecule has 0 amide bonds. The molecule has 0 aliphatic rings. The van der Waals surface area contributed by atoms with Crippen LogP contribution in [0.25, 0.3) is 0 Å². The smallest absolute Gasteiger partial charge is 0.311 e. The second-order valence-corrected chi connectivity index (χ2v) is 10.2. The van der Waals surface area contributed by atoms with Crippen molar-refractivity contribution in [1.29, 1.82) is 0 Å². The number of halogens is 2. The summed E-state index contributed by atoms with van der Waals surface area (Å²) < 4.78 is 102. The summed E-state index contributed by atoms with van der Waals surface area (Å²) in [5.41, 5.74) is 0. The van der Waals surface area contributed by atoms with E-state index in [1.54, 1.807) is 0 Å². The first kappa shape index (κ1) is 40.1. The second kappa shape index (κ2) is 15.1. The molecule has 32 heavy (non-hydrogen) atoms. The van der Waals surface area contributed by atoms with Gasteiger partial charge >= 0.3 is 32.6 Å². The summed E-state index contributed by atoms with van der Waals surface area (Å²) in [6.45, 7) is 0. The maximum Gasteiger partial charge on any atom is 2.00 e. The molecule has 0 fully saturated rings. The van der Waals surface area contributed by atoms with Crippen molar-refractivity contribution in [3.05, 3.63) is 0 Å². The third-order valence-electron chi connectivity index (χ3n) is 2.55. The Balaban J connectivity index is -0.000000296. The minimum Gasteiger partial charge on any atom is -0.311 e. The van der Waals surface area contributed by atoms with Crippen LogP contribution in [0.15, 0.2) is 0 Å². The number of hydrogen-bond acceptors (Lipinski definition) is 15. The fourth-order valence-electron chi connectivity index (χ4n) is 1.63. The van der Waals surface area contributed by atoms with Gasteiger partial charge in [-0.15, -0.1) is 25.5 Å². The van der Waals surface area contributed by atoms with Gasteiger partial charge in [-0.05, 0) is 42.3 Å². The molecule has 3 N–H and O–H groups in total. The predicted octanol–water partition coefficient (Wildman–Crippen LogP) is -10.2. The zero-order valence-electron chi connectivity index (χ0n) is 17.6. The molecule has 1 atom stereocenters. The zero-order valence-corrected chi connectivity index (χ0v) is 22.0. The Bertz CT molecular complexity index is 581. The van der Waals surface area contributed by atoms with Gasteiger partial charge in [-0.1, -0.05) is 0 Å². The number of hydroxylamine groups is 2. The van der Waals surface area contributed by atoms with Crippen molar-refractivity contribution in [3.63, 3.8) is 0 Å². The molecular weight excluding hydrogens is 580 g/mol. The van der Waals surface area contributed by atoms with Gasteiger partial charge in [-0.2, -0.15) is 0 Å². The molecule has 0 aromatic rings. The molecule has 24 heteroatoms. The molecule has 0 heterocycles. The fraction of sp³-hybridized carbons (Fsp3) is 1.00. The van der Waals surface area contributed by atoms with E-state index in [0.29, 0.717) is 0 Å². The Morgan fingerprint density at radius 3 is 1.12 bits per heavy atom. The zero-order chi connectivity index (χ0) is 26.2. The van der Waals surface area contributed by atoms with Gasteiger partial charge in [0, 0.05) is 7.05 Å². The Morgan fingerprint density at radius 1 is 0.719 bits per heavy atom. The Labute approximate surface area is 198 Å². The fourth-order valence-corrected chi connectivity index (χ4v) is 2.96. The predicted molar refractivity (Wildman–Crippen MR) is 75.6 cm³/mol. The van der Waals surface area contributed by atoms with Crippen LogP contribution in [0.5, 0.6) is 0 Å². The minimum absolute atomic E-state index is 0. The molecule has 0 saturated carbocycles. The Morgan fingerprint density at radius 2 is 0.969 bits per heavy atom. The van der Waals surface area contributed by atoms with Crippen LogP contribution in [-0.4, -0.2) is 89.5 Å². The van der Waals surface area contributed by atoms with Crippen molar-refractivity contribution in [1.82, 2.24) is 19.5 Å². The van der Waals surface area contributed by atoms with E-state index in [-0.39, 0.29) is 17.1 Å². The molecule has 0 aromatic heterocycles. The number of rotatable bonds is 8. The van der Waals surface area contributed by atoms with Crippen LogP contribution in [0.2, 0.25) is 0 Å². The second-order valence-electron chi connectivity index (χ2n) is 5.62. The van der Waals surface area contributed by atoms with Gasteiger partial charge in [0.2, 0.25) is 0 Å². The summed E-state index contributed by atoms with van der Waals surface area (Å²) >= 11 is 0. The van der Waals surface area contributed by atoms with E-state index >= 15 is 0 Å². The van der Waals surface area contributed by atoms with Crippen LogP contribution < -0.4 is 37.3 Å². The summed E-state index contributed by atoms with van der Waals surface area (Å²) in [5.74, 6) is -1.91. The molecule has 0 aliphatic carbocycles. The third kappa shape index (κ3) is 21.4. The van der Waals surface area contributed by atoms with Crippen LogP contribution in [0.4, 0.5) is 0 Å². The quantitative estimate of drug-likeness (QED) is 0.100. The average molecular weight is 604 g/mol. The molecule has 0 spiro atoms. The van der Waals surface area contributed by atoms with E-state index in [2.05, 4.69) is 0 Å². The van der Waals surface area contributed by atoms with Crippen LogP contribution in [0.3, 0.4) is 0 Å². The maximum atomic E-state index is 11.9. The van der Waals surface area contributed by atoms with Crippen molar-refractivity contribution in [2.75, 3.05) is 49.3 Å².